The number of oxazole rings is 1. The molecule has 4 N–H and O–H groups in total. The molecule has 108 valence electrons. The van der Waals surface area contributed by atoms with Gasteiger partial charge in [0.05, 0.1) is 16.9 Å². The van der Waals surface area contributed by atoms with Crippen LogP contribution in [0.1, 0.15) is 39.5 Å². The lowest BCUT2D eigenvalue weighted by atomic mass is 9.75. The Kier molecular flexibility index (Phi) is 3.00. The van der Waals surface area contributed by atoms with Gasteiger partial charge in [-0.3, -0.25) is 4.98 Å². The largest absolute Gasteiger partial charge is 0.417 e. The van der Waals surface area contributed by atoms with Crippen molar-refractivity contribution in [2.75, 3.05) is 11.1 Å². The average molecular weight is 275 g/mol. The van der Waals surface area contributed by atoms with Crippen LogP contribution in [0.2, 0.25) is 0 Å². The third kappa shape index (κ3) is 2.53. The molecule has 0 unspecified atom stereocenters. The van der Waals surface area contributed by atoms with E-state index in [0.29, 0.717) is 28.2 Å². The van der Waals surface area contributed by atoms with Crippen LogP contribution in [0.25, 0.3) is 11.1 Å². The lowest BCUT2D eigenvalue weighted by Crippen LogP contribution is -2.30. The van der Waals surface area contributed by atoms with Crippen LogP contribution < -0.4 is 16.8 Å². The van der Waals surface area contributed by atoms with E-state index >= 15 is 0 Å². The molecule has 2 aromatic rings. The van der Waals surface area contributed by atoms with E-state index in [2.05, 4.69) is 24.1 Å². The monoisotopic (exact) mass is 275 g/mol. The molecule has 0 saturated heterocycles. The zero-order chi connectivity index (χ0) is 14.3. The highest BCUT2D eigenvalue weighted by Crippen LogP contribution is 2.37. The van der Waals surface area contributed by atoms with Crippen LogP contribution in [0.4, 0.5) is 11.4 Å². The summed E-state index contributed by atoms with van der Waals surface area (Å²) in [7, 11) is 0. The van der Waals surface area contributed by atoms with E-state index in [9.17, 15) is 4.79 Å². The molecule has 1 saturated carbocycles. The maximum Gasteiger partial charge on any atom is 0.417 e. The number of nitrogens with one attached hydrogen (secondary N) is 2. The Bertz CT molecular complexity index is 674. The highest BCUT2D eigenvalue weighted by atomic mass is 16.4. The topological polar surface area (TPSA) is 84.0 Å². The highest BCUT2D eigenvalue weighted by Gasteiger charge is 2.27. The third-order valence-electron chi connectivity index (χ3n) is 4.29. The first-order chi connectivity index (χ1) is 9.43. The summed E-state index contributed by atoms with van der Waals surface area (Å²) in [5.41, 5.74) is 9.15. The molecular formula is C15H21N3O2. The summed E-state index contributed by atoms with van der Waals surface area (Å²) in [4.78, 5) is 13.8. The van der Waals surface area contributed by atoms with Gasteiger partial charge in [-0.05, 0) is 37.2 Å². The average Bonchev–Trinajstić information content (AvgIpc) is 2.71. The molecule has 1 aromatic heterocycles. The standard InChI is InChI=1S/C15H21N3O2/c1-15(2)5-3-9(4-6-15)17-11-8-12-13(7-10(11)16)20-14(19)18-12/h7-9,17H,3-6,16H2,1-2H3,(H,18,19). The number of nitrogens with two attached hydrogens (primary N) is 1. The minimum Gasteiger partial charge on any atom is -0.408 e. The fourth-order valence-electron chi connectivity index (χ4n) is 2.90. The number of aromatic nitrogens is 1. The van der Waals surface area contributed by atoms with Crippen LogP contribution >= 0.6 is 0 Å². The van der Waals surface area contributed by atoms with Gasteiger partial charge in [0.25, 0.3) is 0 Å². The van der Waals surface area contributed by atoms with E-state index < -0.39 is 5.76 Å². The molecule has 0 spiro atoms. The van der Waals surface area contributed by atoms with E-state index in [1.807, 2.05) is 6.07 Å². The predicted octanol–water partition coefficient (Wildman–Crippen LogP) is 3.08. The van der Waals surface area contributed by atoms with Gasteiger partial charge in [0, 0.05) is 12.1 Å². The quantitative estimate of drug-likeness (QED) is 0.735. The number of rotatable bonds is 2. The second-order valence-electron chi connectivity index (χ2n) is 6.53. The normalized spacial score (nSPS) is 19.3. The number of H-pyrrole nitrogens is 1. The molecule has 0 radical (unpaired) electrons. The Labute approximate surface area is 117 Å². The van der Waals surface area contributed by atoms with Gasteiger partial charge in [0.1, 0.15) is 0 Å². The Morgan fingerprint density at radius 2 is 2.05 bits per heavy atom. The smallest absolute Gasteiger partial charge is 0.408 e. The number of benzene rings is 1. The summed E-state index contributed by atoms with van der Waals surface area (Å²) in [5, 5.41) is 3.50. The molecule has 0 aliphatic heterocycles. The van der Waals surface area contributed by atoms with E-state index in [4.69, 9.17) is 10.2 Å². The molecule has 5 heteroatoms. The summed E-state index contributed by atoms with van der Waals surface area (Å²) in [6.45, 7) is 4.64. The molecule has 0 atom stereocenters. The number of anilines is 2. The molecule has 0 bridgehead atoms. The van der Waals surface area contributed by atoms with Crippen molar-refractivity contribution in [3.63, 3.8) is 0 Å². The first-order valence-electron chi connectivity index (χ1n) is 7.12. The van der Waals surface area contributed by atoms with Gasteiger partial charge in [0.15, 0.2) is 5.58 Å². The van der Waals surface area contributed by atoms with Crippen LogP contribution in [0.5, 0.6) is 0 Å². The Morgan fingerprint density at radius 3 is 2.75 bits per heavy atom. The van der Waals surface area contributed by atoms with Gasteiger partial charge in [0.2, 0.25) is 0 Å². The minimum atomic E-state index is -0.448. The van der Waals surface area contributed by atoms with E-state index in [1.54, 1.807) is 6.07 Å². The number of hydrogen-bond acceptors (Lipinski definition) is 4. The van der Waals surface area contributed by atoms with Crippen molar-refractivity contribution in [2.45, 2.75) is 45.6 Å². The van der Waals surface area contributed by atoms with Crippen molar-refractivity contribution >= 4 is 22.5 Å². The zero-order valence-electron chi connectivity index (χ0n) is 12.0. The van der Waals surface area contributed by atoms with Crippen LogP contribution in [-0.2, 0) is 0 Å². The van der Waals surface area contributed by atoms with Crippen molar-refractivity contribution in [2.24, 2.45) is 5.41 Å². The van der Waals surface area contributed by atoms with E-state index in [0.717, 1.165) is 18.5 Å². The van der Waals surface area contributed by atoms with Gasteiger partial charge in [-0.1, -0.05) is 13.8 Å². The lowest BCUT2D eigenvalue weighted by Gasteiger charge is -2.35. The van der Waals surface area contributed by atoms with Crippen LogP contribution in [-0.4, -0.2) is 11.0 Å². The molecule has 0 amide bonds. The summed E-state index contributed by atoms with van der Waals surface area (Å²) in [6.07, 6.45) is 4.73. The van der Waals surface area contributed by atoms with Crippen molar-refractivity contribution < 1.29 is 4.42 Å². The molecule has 1 aliphatic carbocycles. The van der Waals surface area contributed by atoms with Crippen molar-refractivity contribution in [3.05, 3.63) is 22.7 Å². The van der Waals surface area contributed by atoms with Crippen LogP contribution in [0, 0.1) is 5.41 Å². The number of fused-ring (bicyclic) bond motifs is 1. The van der Waals surface area contributed by atoms with Gasteiger partial charge in [-0.15, -0.1) is 0 Å². The van der Waals surface area contributed by atoms with Crippen LogP contribution in [0.15, 0.2) is 21.3 Å². The second kappa shape index (κ2) is 4.58. The molecule has 5 nitrogen and oxygen atoms in total. The maximum absolute atomic E-state index is 11.2. The van der Waals surface area contributed by atoms with Gasteiger partial charge < -0.3 is 15.5 Å². The minimum absolute atomic E-state index is 0.446. The zero-order valence-corrected chi connectivity index (χ0v) is 12.0. The van der Waals surface area contributed by atoms with Crippen molar-refractivity contribution in [1.29, 1.82) is 0 Å². The number of nitrogen functional groups attached to an aromatic ring is 1. The molecule has 1 aromatic carbocycles. The maximum atomic E-state index is 11.2. The van der Waals surface area contributed by atoms with E-state index in [-0.39, 0.29) is 0 Å². The molecule has 3 rings (SSSR count). The summed E-state index contributed by atoms with van der Waals surface area (Å²) in [5.74, 6) is -0.448. The highest BCUT2D eigenvalue weighted by molar-refractivity contribution is 5.85. The third-order valence-corrected chi connectivity index (χ3v) is 4.29. The molecule has 1 aliphatic rings. The molecular weight excluding hydrogens is 254 g/mol. The molecule has 1 heterocycles. The van der Waals surface area contributed by atoms with Crippen molar-refractivity contribution in [3.8, 4) is 0 Å². The predicted molar refractivity (Wildman–Crippen MR) is 80.9 cm³/mol. The first-order valence-corrected chi connectivity index (χ1v) is 7.12. The van der Waals surface area contributed by atoms with Crippen molar-refractivity contribution in [1.82, 2.24) is 4.98 Å². The first kappa shape index (κ1) is 13.1. The SMILES string of the molecule is CC1(C)CCC(Nc2cc3[nH]c(=O)oc3cc2N)CC1. The second-order valence-corrected chi connectivity index (χ2v) is 6.53. The Morgan fingerprint density at radius 1 is 1.35 bits per heavy atom. The Balaban J connectivity index is 1.80. The number of hydrogen-bond donors (Lipinski definition) is 3. The van der Waals surface area contributed by atoms with Gasteiger partial charge in [-0.2, -0.15) is 0 Å². The number of aromatic amines is 1. The van der Waals surface area contributed by atoms with Gasteiger partial charge in [-0.25, -0.2) is 4.79 Å². The summed E-state index contributed by atoms with van der Waals surface area (Å²) in [6, 6.07) is 4.00. The fraction of sp³-hybridized carbons (Fsp3) is 0.533. The van der Waals surface area contributed by atoms with Crippen LogP contribution in [0.3, 0.4) is 0 Å². The fourth-order valence-corrected chi connectivity index (χ4v) is 2.90. The van der Waals surface area contributed by atoms with Gasteiger partial charge >= 0.3 is 5.76 Å². The summed E-state index contributed by atoms with van der Waals surface area (Å²) < 4.78 is 5.00. The van der Waals surface area contributed by atoms with E-state index in [1.165, 1.54) is 12.8 Å². The summed E-state index contributed by atoms with van der Waals surface area (Å²) >= 11 is 0. The molecule has 20 heavy (non-hydrogen) atoms. The molecule has 1 fully saturated rings. The lowest BCUT2D eigenvalue weighted by molar-refractivity contribution is 0.232. The Hall–Kier alpha value is -1.91.